The second kappa shape index (κ2) is 5.81. The van der Waals surface area contributed by atoms with Crippen molar-refractivity contribution in [2.45, 2.75) is 22.2 Å². The van der Waals surface area contributed by atoms with Crippen molar-refractivity contribution < 1.29 is 25.2 Å². The van der Waals surface area contributed by atoms with Gasteiger partial charge in [0.1, 0.15) is 18.5 Å². The van der Waals surface area contributed by atoms with Crippen LogP contribution in [0.3, 0.4) is 0 Å². The first-order valence-corrected chi connectivity index (χ1v) is 4.53. The molecule has 0 aromatic heterocycles. The molecule has 12 heavy (non-hydrogen) atoms. The lowest BCUT2D eigenvalue weighted by molar-refractivity contribution is -0.116. The van der Waals surface area contributed by atoms with E-state index in [9.17, 15) is 4.79 Å². The fourth-order valence-corrected chi connectivity index (χ4v) is 1.25. The molecule has 0 aromatic rings. The Bertz CT molecular complexity index is 142. The highest BCUT2D eigenvalue weighted by atomic mass is 124. The summed E-state index contributed by atoms with van der Waals surface area (Å²) in [6, 6.07) is 0. The molecule has 0 heterocycles. The summed E-state index contributed by atoms with van der Waals surface area (Å²) in [7, 11) is 0. The van der Waals surface area contributed by atoms with Gasteiger partial charge in [-0.05, 0) is 0 Å². The molecule has 6 heteroatoms. The molecule has 0 bridgehead atoms. The highest BCUT2D eigenvalue weighted by Gasteiger charge is 2.28. The van der Waals surface area contributed by atoms with Gasteiger partial charge >= 0.3 is 0 Å². The van der Waals surface area contributed by atoms with Crippen molar-refractivity contribution in [1.82, 2.24) is 0 Å². The zero-order valence-corrected chi connectivity index (χ0v) is 8.33. The van der Waals surface area contributed by atoms with Gasteiger partial charge in [0.25, 0.3) is 0 Å². The molecular formula is C6H11IO5. The second-order valence-corrected chi connectivity index (χ2v) is 3.75. The molecule has 4 atom stereocenters. The average molecular weight is 287 g/mol. The van der Waals surface area contributed by atoms with Gasteiger partial charge in [-0.1, -0.05) is 22.6 Å². The number of aldehydes is 1. The summed E-state index contributed by atoms with van der Waals surface area (Å²) in [5, 5.41) is 35.4. The SMILES string of the molecule is O=C[C@H](O)[C@@H]([124I])[C@@H](O)[C@H](O)CO. The summed E-state index contributed by atoms with van der Waals surface area (Å²) in [5.41, 5.74) is 0. The maximum Gasteiger partial charge on any atom is 0.149 e. The molecule has 4 N–H and O–H groups in total. The normalized spacial score (nSPS) is 21.1. The standard InChI is InChI=1S/C6H11IO5/c7-5(3(10)1-8)6(12)4(11)2-9/h1,3-6,9-12H,2H2/t3-,4+,5+,6-/m0/s1/i7-3. The molecule has 0 aliphatic carbocycles. The average Bonchev–Trinajstić information content (AvgIpc) is 2.12. The van der Waals surface area contributed by atoms with Crippen molar-refractivity contribution in [1.29, 1.82) is 0 Å². The summed E-state index contributed by atoms with van der Waals surface area (Å²) < 4.78 is -0.817. The van der Waals surface area contributed by atoms with E-state index in [4.69, 9.17) is 20.4 Å². The molecule has 0 fully saturated rings. The minimum Gasteiger partial charge on any atom is -0.394 e. The van der Waals surface area contributed by atoms with Crippen molar-refractivity contribution in [3.63, 3.8) is 0 Å². The van der Waals surface area contributed by atoms with E-state index in [1.807, 2.05) is 0 Å². The molecule has 72 valence electrons. The van der Waals surface area contributed by atoms with Crippen LogP contribution in [0.5, 0.6) is 0 Å². The summed E-state index contributed by atoms with van der Waals surface area (Å²) in [6.45, 7) is -0.605. The van der Waals surface area contributed by atoms with Crippen LogP contribution < -0.4 is 0 Å². The van der Waals surface area contributed by atoms with E-state index >= 15 is 0 Å². The highest BCUT2D eigenvalue weighted by molar-refractivity contribution is 14.1. The van der Waals surface area contributed by atoms with Crippen LogP contribution in [-0.4, -0.2) is 55.6 Å². The van der Waals surface area contributed by atoms with Crippen molar-refractivity contribution in [2.75, 3.05) is 6.61 Å². The number of aliphatic hydroxyl groups excluding tert-OH is 4. The van der Waals surface area contributed by atoms with Gasteiger partial charge in [-0.3, -0.25) is 0 Å². The Morgan fingerprint density at radius 2 is 1.83 bits per heavy atom. The van der Waals surface area contributed by atoms with E-state index in [1.165, 1.54) is 0 Å². The third-order valence-corrected chi connectivity index (χ3v) is 2.85. The maximum absolute atomic E-state index is 10.1. The van der Waals surface area contributed by atoms with Crippen LogP contribution in [0.25, 0.3) is 0 Å². The molecular weight excluding hydrogens is 276 g/mol. The lowest BCUT2D eigenvalue weighted by Gasteiger charge is -2.22. The van der Waals surface area contributed by atoms with Crippen molar-refractivity contribution in [3.8, 4) is 0 Å². The van der Waals surface area contributed by atoms with Gasteiger partial charge in [0, 0.05) is 0 Å². The molecule has 0 unspecified atom stereocenters. The van der Waals surface area contributed by atoms with Crippen LogP contribution in [0.4, 0.5) is 0 Å². The quantitative estimate of drug-likeness (QED) is 0.268. The van der Waals surface area contributed by atoms with E-state index in [0.29, 0.717) is 0 Å². The van der Waals surface area contributed by atoms with Gasteiger partial charge in [0.05, 0.1) is 16.6 Å². The first-order chi connectivity index (χ1) is 5.54. The van der Waals surface area contributed by atoms with Gasteiger partial charge in [-0.15, -0.1) is 0 Å². The monoisotopic (exact) mass is 287 g/mol. The minimum absolute atomic E-state index is 0.268. The first-order valence-electron chi connectivity index (χ1n) is 3.29. The number of aliphatic hydroxyl groups is 4. The van der Waals surface area contributed by atoms with Crippen LogP contribution in [0.2, 0.25) is 0 Å². The topological polar surface area (TPSA) is 98.0 Å². The Kier molecular flexibility index (Phi) is 5.93. The van der Waals surface area contributed by atoms with Gasteiger partial charge in [-0.25, -0.2) is 0 Å². The van der Waals surface area contributed by atoms with Gasteiger partial charge in [0.15, 0.2) is 0 Å². The van der Waals surface area contributed by atoms with Crippen LogP contribution in [-0.2, 0) is 4.79 Å². The predicted molar refractivity (Wildman–Crippen MR) is 49.0 cm³/mol. The Morgan fingerprint density at radius 1 is 1.33 bits per heavy atom. The predicted octanol–water partition coefficient (Wildman–Crippen LogP) is -1.94. The Morgan fingerprint density at radius 3 is 2.17 bits per heavy atom. The summed E-state index contributed by atoms with van der Waals surface area (Å²) in [4.78, 5) is 10.1. The number of hydrogen-bond acceptors (Lipinski definition) is 5. The second-order valence-electron chi connectivity index (χ2n) is 2.31. The molecule has 0 amide bonds. The fourth-order valence-electron chi connectivity index (χ4n) is 0.597. The van der Waals surface area contributed by atoms with Crippen molar-refractivity contribution in [3.05, 3.63) is 0 Å². The number of carbonyl (C=O) groups excluding carboxylic acids is 1. The van der Waals surface area contributed by atoms with E-state index in [0.717, 1.165) is 0 Å². The zero-order valence-electron chi connectivity index (χ0n) is 6.17. The highest BCUT2D eigenvalue weighted by Crippen LogP contribution is 2.13. The van der Waals surface area contributed by atoms with Gasteiger partial charge in [0.2, 0.25) is 0 Å². The molecule has 0 saturated heterocycles. The molecule has 5 nitrogen and oxygen atoms in total. The summed E-state index contributed by atoms with van der Waals surface area (Å²) >= 11 is 1.63. The lowest BCUT2D eigenvalue weighted by Crippen LogP contribution is -2.42. The Balaban J connectivity index is 4.07. The Hall–Kier alpha value is 0.240. The minimum atomic E-state index is -1.33. The van der Waals surface area contributed by atoms with Crippen LogP contribution in [0.15, 0.2) is 0 Å². The molecule has 0 aliphatic rings. The fraction of sp³-hybridized carbons (Fsp3) is 0.833. The van der Waals surface area contributed by atoms with E-state index in [2.05, 4.69) is 0 Å². The molecule has 0 spiro atoms. The van der Waals surface area contributed by atoms with Gasteiger partial charge in [-0.2, -0.15) is 0 Å². The largest absolute Gasteiger partial charge is 0.394 e. The summed E-state index contributed by atoms with van der Waals surface area (Å²) in [5.74, 6) is 0. The lowest BCUT2D eigenvalue weighted by atomic mass is 10.1. The number of alkyl halides is 1. The van der Waals surface area contributed by atoms with Crippen LogP contribution >= 0.6 is 22.6 Å². The van der Waals surface area contributed by atoms with E-state index < -0.39 is 28.8 Å². The number of carbonyl (C=O) groups is 1. The maximum atomic E-state index is 10.1. The number of halogens is 1. The van der Waals surface area contributed by atoms with Crippen LogP contribution in [0, 0.1) is 0 Å². The molecule has 0 saturated carbocycles. The van der Waals surface area contributed by atoms with Crippen molar-refractivity contribution >= 4 is 28.9 Å². The third kappa shape index (κ3) is 3.31. The van der Waals surface area contributed by atoms with E-state index in [1.54, 1.807) is 22.6 Å². The molecule has 0 aliphatic heterocycles. The first kappa shape index (κ1) is 12.2. The van der Waals surface area contributed by atoms with Crippen LogP contribution in [0.1, 0.15) is 0 Å². The number of rotatable bonds is 5. The molecule has 0 radical (unpaired) electrons. The Labute approximate surface area is 83.2 Å². The third-order valence-electron chi connectivity index (χ3n) is 1.37. The number of hydrogen-bond donors (Lipinski definition) is 4. The van der Waals surface area contributed by atoms with Gasteiger partial charge < -0.3 is 25.2 Å². The smallest absolute Gasteiger partial charge is 0.149 e. The summed E-state index contributed by atoms with van der Waals surface area (Å²) in [6.07, 6.45) is -3.70. The van der Waals surface area contributed by atoms with Crippen molar-refractivity contribution in [2.24, 2.45) is 0 Å². The molecule has 0 aromatic carbocycles. The molecule has 0 rings (SSSR count). The zero-order chi connectivity index (χ0) is 9.72. The van der Waals surface area contributed by atoms with E-state index in [-0.39, 0.29) is 6.29 Å².